The lowest BCUT2D eigenvalue weighted by molar-refractivity contribution is 0.127. The van der Waals surface area contributed by atoms with Crippen LogP contribution in [0.3, 0.4) is 0 Å². The molecule has 9 nitrogen and oxygen atoms in total. The minimum atomic E-state index is -1.03. The van der Waals surface area contributed by atoms with Crippen molar-refractivity contribution in [3.05, 3.63) is 41.4 Å². The first-order chi connectivity index (χ1) is 16.4. The van der Waals surface area contributed by atoms with E-state index in [2.05, 4.69) is 15.0 Å². The third-order valence-electron chi connectivity index (χ3n) is 6.44. The number of carbonyl (C=O) groups is 1. The topological polar surface area (TPSA) is 96.6 Å². The highest BCUT2D eigenvalue weighted by molar-refractivity contribution is 6.37. The zero-order chi connectivity index (χ0) is 23.7. The second-order valence-corrected chi connectivity index (χ2v) is 8.66. The fourth-order valence-electron chi connectivity index (χ4n) is 4.81. The van der Waals surface area contributed by atoms with Crippen molar-refractivity contribution < 1.29 is 23.4 Å². The molecule has 0 spiro atoms. The minimum Gasteiger partial charge on any atom is -0.489 e. The van der Waals surface area contributed by atoms with Crippen LogP contribution in [0.15, 0.2) is 24.8 Å². The van der Waals surface area contributed by atoms with Crippen molar-refractivity contribution in [2.45, 2.75) is 6.04 Å². The SMILES string of the molecule is Cn1cnc2c(-c3c(Cl)c4c5c(ncnc5c3F)N3CCN(C(=O)O)C[C@H]3CO4)c(F)ccc21. The molecule has 4 heterocycles. The summed E-state index contributed by atoms with van der Waals surface area (Å²) in [5.74, 6) is -0.963. The van der Waals surface area contributed by atoms with Gasteiger partial charge in [0.25, 0.3) is 0 Å². The number of aromatic nitrogens is 4. The summed E-state index contributed by atoms with van der Waals surface area (Å²) >= 11 is 6.72. The Morgan fingerprint density at radius 2 is 2.00 bits per heavy atom. The molecule has 0 unspecified atom stereocenters. The number of benzene rings is 2. The average Bonchev–Trinajstić information content (AvgIpc) is 3.11. The zero-order valence-corrected chi connectivity index (χ0v) is 18.6. The van der Waals surface area contributed by atoms with Crippen molar-refractivity contribution >= 4 is 45.4 Å². The van der Waals surface area contributed by atoms with Crippen LogP contribution in [0, 0.1) is 11.6 Å². The molecule has 1 amide bonds. The molecule has 4 aromatic rings. The third-order valence-corrected chi connectivity index (χ3v) is 6.80. The molecule has 2 aliphatic rings. The number of hydrogen-bond acceptors (Lipinski definition) is 6. The zero-order valence-electron chi connectivity index (χ0n) is 17.8. The van der Waals surface area contributed by atoms with E-state index in [1.54, 1.807) is 17.7 Å². The van der Waals surface area contributed by atoms with Gasteiger partial charge >= 0.3 is 6.09 Å². The van der Waals surface area contributed by atoms with Crippen LogP contribution in [0.25, 0.3) is 33.1 Å². The summed E-state index contributed by atoms with van der Waals surface area (Å²) < 4.78 is 38.9. The van der Waals surface area contributed by atoms with E-state index in [1.165, 1.54) is 23.6 Å². The van der Waals surface area contributed by atoms with Crippen LogP contribution in [-0.4, -0.2) is 67.9 Å². The lowest BCUT2D eigenvalue weighted by atomic mass is 9.99. The summed E-state index contributed by atoms with van der Waals surface area (Å²) in [4.78, 5) is 27.4. The van der Waals surface area contributed by atoms with Crippen LogP contribution in [0.1, 0.15) is 0 Å². The molecule has 0 saturated carbocycles. The van der Waals surface area contributed by atoms with Crippen LogP contribution in [0.4, 0.5) is 19.4 Å². The smallest absolute Gasteiger partial charge is 0.407 e. The molecule has 0 radical (unpaired) electrons. The number of imidazole rings is 1. The molecule has 174 valence electrons. The van der Waals surface area contributed by atoms with Crippen LogP contribution in [0.5, 0.6) is 5.75 Å². The molecule has 0 aliphatic carbocycles. The first kappa shape index (κ1) is 20.8. The monoisotopic (exact) mass is 486 g/mol. The summed E-state index contributed by atoms with van der Waals surface area (Å²) in [6.07, 6.45) is 1.71. The fourth-order valence-corrected chi connectivity index (χ4v) is 5.13. The molecule has 1 saturated heterocycles. The van der Waals surface area contributed by atoms with Gasteiger partial charge in [0.2, 0.25) is 0 Å². The van der Waals surface area contributed by atoms with Gasteiger partial charge in [-0.3, -0.25) is 0 Å². The number of nitrogens with zero attached hydrogens (tertiary/aromatic N) is 6. The molecule has 1 fully saturated rings. The van der Waals surface area contributed by atoms with Gasteiger partial charge in [-0.05, 0) is 12.1 Å². The Labute approximate surface area is 196 Å². The van der Waals surface area contributed by atoms with Gasteiger partial charge in [0.1, 0.15) is 30.1 Å². The van der Waals surface area contributed by atoms with E-state index < -0.39 is 17.7 Å². The largest absolute Gasteiger partial charge is 0.489 e. The van der Waals surface area contributed by atoms with E-state index >= 15 is 8.78 Å². The maximum atomic E-state index is 16.0. The number of carboxylic acid groups (broad SMARTS) is 1. The van der Waals surface area contributed by atoms with E-state index in [1.807, 2.05) is 4.90 Å². The first-order valence-corrected chi connectivity index (χ1v) is 10.9. The number of aryl methyl sites for hydroxylation is 1. The van der Waals surface area contributed by atoms with Gasteiger partial charge in [-0.25, -0.2) is 28.5 Å². The molecule has 1 atom stereocenters. The second-order valence-electron chi connectivity index (χ2n) is 8.29. The van der Waals surface area contributed by atoms with Crippen molar-refractivity contribution in [2.75, 3.05) is 31.1 Å². The average molecular weight is 487 g/mol. The molecule has 2 aromatic carbocycles. The van der Waals surface area contributed by atoms with Crippen LogP contribution in [-0.2, 0) is 7.05 Å². The van der Waals surface area contributed by atoms with Crippen LogP contribution >= 0.6 is 11.6 Å². The number of hydrogen-bond donors (Lipinski definition) is 1. The molecule has 1 N–H and O–H groups in total. The predicted octanol–water partition coefficient (Wildman–Crippen LogP) is 3.68. The van der Waals surface area contributed by atoms with Gasteiger partial charge in [-0.2, -0.15) is 0 Å². The van der Waals surface area contributed by atoms with Crippen molar-refractivity contribution in [1.82, 2.24) is 24.4 Å². The third kappa shape index (κ3) is 2.82. The van der Waals surface area contributed by atoms with Crippen LogP contribution < -0.4 is 9.64 Å². The molecular formula is C22H17ClF2N6O3. The van der Waals surface area contributed by atoms with Gasteiger partial charge in [0.15, 0.2) is 11.6 Å². The number of anilines is 1. The molecule has 0 bridgehead atoms. The predicted molar refractivity (Wildman–Crippen MR) is 120 cm³/mol. The first-order valence-electron chi connectivity index (χ1n) is 10.5. The van der Waals surface area contributed by atoms with E-state index in [0.717, 1.165) is 0 Å². The van der Waals surface area contributed by atoms with Crippen molar-refractivity contribution in [1.29, 1.82) is 0 Å². The Morgan fingerprint density at radius 1 is 1.18 bits per heavy atom. The number of piperazine rings is 1. The molecule has 34 heavy (non-hydrogen) atoms. The lowest BCUT2D eigenvalue weighted by Crippen LogP contribution is -2.56. The summed E-state index contributed by atoms with van der Waals surface area (Å²) in [6, 6.07) is 2.43. The Morgan fingerprint density at radius 3 is 2.79 bits per heavy atom. The summed E-state index contributed by atoms with van der Waals surface area (Å²) in [5, 5.41) is 9.56. The van der Waals surface area contributed by atoms with Crippen molar-refractivity contribution in [2.24, 2.45) is 7.05 Å². The molecule has 12 heteroatoms. The van der Waals surface area contributed by atoms with E-state index in [9.17, 15) is 9.90 Å². The molecule has 2 aliphatic heterocycles. The standard InChI is InChI=1S/C22H17ClF2N6O3/c1-29-9-28-18-12(29)3-2-11(24)13(18)14-16(23)20-15-19(17(14)25)26-8-27-21(15)31-5-4-30(22(32)33)6-10(31)7-34-20/h2-3,8-10H,4-7H2,1H3,(H,32,33)/t10-/m0/s1. The maximum absolute atomic E-state index is 16.0. The Balaban J connectivity index is 1.61. The van der Waals surface area contributed by atoms with E-state index in [0.29, 0.717) is 17.9 Å². The highest BCUT2D eigenvalue weighted by Gasteiger charge is 2.37. The van der Waals surface area contributed by atoms with Gasteiger partial charge in [-0.1, -0.05) is 11.6 Å². The highest BCUT2D eigenvalue weighted by atomic mass is 35.5. The van der Waals surface area contributed by atoms with Gasteiger partial charge in [0, 0.05) is 32.2 Å². The molecule has 2 aromatic heterocycles. The number of ether oxygens (including phenoxy) is 1. The summed E-state index contributed by atoms with van der Waals surface area (Å²) in [6.45, 7) is 0.864. The maximum Gasteiger partial charge on any atom is 0.407 e. The Bertz CT molecular complexity index is 1510. The summed E-state index contributed by atoms with van der Waals surface area (Å²) in [5.41, 5.74) is 0.525. The number of fused-ring (bicyclic) bond motifs is 3. The van der Waals surface area contributed by atoms with E-state index in [4.69, 9.17) is 16.3 Å². The normalized spacial score (nSPS) is 17.6. The van der Waals surface area contributed by atoms with Crippen LogP contribution in [0.2, 0.25) is 5.02 Å². The molecular weight excluding hydrogens is 470 g/mol. The fraction of sp³-hybridized carbons (Fsp3) is 0.273. The van der Waals surface area contributed by atoms with Gasteiger partial charge in [-0.15, -0.1) is 0 Å². The van der Waals surface area contributed by atoms with Gasteiger partial charge < -0.3 is 24.2 Å². The Hall–Kier alpha value is -3.73. The number of rotatable bonds is 1. The van der Waals surface area contributed by atoms with Gasteiger partial charge in [0.05, 0.1) is 39.4 Å². The highest BCUT2D eigenvalue weighted by Crippen LogP contribution is 2.49. The van der Waals surface area contributed by atoms with Crippen molar-refractivity contribution in [3.63, 3.8) is 0 Å². The summed E-state index contributed by atoms with van der Waals surface area (Å²) in [7, 11) is 1.75. The minimum absolute atomic E-state index is 0.0620. The lowest BCUT2D eigenvalue weighted by Gasteiger charge is -2.39. The molecule has 6 rings (SSSR count). The number of halogens is 3. The second kappa shape index (κ2) is 7.39. The Kier molecular flexibility index (Phi) is 4.53. The van der Waals surface area contributed by atoms with E-state index in [-0.39, 0.29) is 64.1 Å². The number of amides is 1. The van der Waals surface area contributed by atoms with Crippen molar-refractivity contribution in [3.8, 4) is 16.9 Å². The quantitative estimate of drug-likeness (QED) is 0.438.